The number of thiophene rings is 1. The molecule has 3 heterocycles. The molecule has 0 saturated carbocycles. The Labute approximate surface area is 320 Å². The van der Waals surface area contributed by atoms with Crippen LogP contribution in [-0.4, -0.2) is 63.8 Å². The Kier molecular flexibility index (Phi) is 15.5. The molecular formula is C43H61N3O6S. The van der Waals surface area contributed by atoms with Gasteiger partial charge in [0.25, 0.3) is 0 Å². The summed E-state index contributed by atoms with van der Waals surface area (Å²) in [5.74, 6) is -0.635. The normalized spacial score (nSPS) is 16.6. The third kappa shape index (κ3) is 12.4. The van der Waals surface area contributed by atoms with Crippen molar-refractivity contribution in [3.63, 3.8) is 0 Å². The quantitative estimate of drug-likeness (QED) is 0.0926. The van der Waals surface area contributed by atoms with Crippen LogP contribution in [0, 0.1) is 19.8 Å². The molecule has 0 unspecified atom stereocenters. The molecule has 0 bridgehead atoms. The fraction of sp³-hybridized carbons (Fsp3) is 0.581. The van der Waals surface area contributed by atoms with Crippen LogP contribution >= 0.6 is 11.3 Å². The Morgan fingerprint density at radius 1 is 1.04 bits per heavy atom. The molecule has 9 nitrogen and oxygen atoms in total. The van der Waals surface area contributed by atoms with Gasteiger partial charge in [-0.2, -0.15) is 0 Å². The van der Waals surface area contributed by atoms with Crippen LogP contribution in [0.25, 0.3) is 10.4 Å². The number of hydrogen-bond donors (Lipinski definition) is 2. The van der Waals surface area contributed by atoms with Gasteiger partial charge in [-0.1, -0.05) is 88.4 Å². The van der Waals surface area contributed by atoms with E-state index in [2.05, 4.69) is 48.4 Å². The van der Waals surface area contributed by atoms with Gasteiger partial charge < -0.3 is 24.6 Å². The fourth-order valence-electron chi connectivity index (χ4n) is 6.94. The van der Waals surface area contributed by atoms with Gasteiger partial charge in [0, 0.05) is 36.9 Å². The number of unbranched alkanes of at least 4 members (excludes halogenated alkanes) is 7. The Morgan fingerprint density at radius 3 is 2.28 bits per heavy atom. The molecule has 1 aliphatic rings. The molecule has 53 heavy (non-hydrogen) atoms. The van der Waals surface area contributed by atoms with Gasteiger partial charge in [-0.15, -0.1) is 11.3 Å². The van der Waals surface area contributed by atoms with E-state index in [-0.39, 0.29) is 36.7 Å². The number of nitrogens with zero attached hydrogens (tertiary/aromatic N) is 2. The van der Waals surface area contributed by atoms with Gasteiger partial charge in [0.05, 0.1) is 17.8 Å². The Hall–Kier alpha value is -3.76. The zero-order valence-corrected chi connectivity index (χ0v) is 33.8. The molecule has 10 heteroatoms. The highest BCUT2D eigenvalue weighted by Gasteiger charge is 2.43. The highest BCUT2D eigenvalue weighted by Crippen LogP contribution is 2.34. The maximum absolute atomic E-state index is 14.1. The minimum atomic E-state index is -0.781. The first-order valence-corrected chi connectivity index (χ1v) is 20.3. The molecule has 3 atom stereocenters. The Balaban J connectivity index is 1.22. The van der Waals surface area contributed by atoms with Crippen LogP contribution in [0.5, 0.6) is 0 Å². The number of carbonyl (C=O) groups excluding carboxylic acids is 3. The van der Waals surface area contributed by atoms with E-state index in [1.165, 1.54) is 33.7 Å². The van der Waals surface area contributed by atoms with Gasteiger partial charge >= 0.3 is 6.09 Å². The van der Waals surface area contributed by atoms with Crippen molar-refractivity contribution in [3.8, 4) is 10.4 Å². The SMILES string of the molecule is C=C(Cc1ccc(-c2scc(C)c2C)cc1)C(=O)[C@@H]1C[C@@H](O)CN1C(=O)[C@@H](c1cc(CCCCCCCCCCNC(=O)OC(C)(C)C)no1)C(C)C. The number of β-amino-alcohol motifs (C(OH)–C–C–N with tert-alkyl or cyclic N) is 1. The summed E-state index contributed by atoms with van der Waals surface area (Å²) in [4.78, 5) is 42.3. The van der Waals surface area contributed by atoms with E-state index in [1.54, 1.807) is 11.3 Å². The molecule has 2 N–H and O–H groups in total. The molecule has 2 amide bonds. The van der Waals surface area contributed by atoms with Crippen LogP contribution in [0.15, 0.2) is 52.4 Å². The van der Waals surface area contributed by atoms with E-state index in [0.29, 0.717) is 24.3 Å². The number of benzene rings is 1. The number of ether oxygens (including phenoxy) is 1. The second kappa shape index (κ2) is 19.5. The third-order valence-electron chi connectivity index (χ3n) is 9.98. The molecule has 0 aliphatic carbocycles. The molecule has 4 rings (SSSR count). The van der Waals surface area contributed by atoms with Gasteiger partial charge in [-0.05, 0) is 93.0 Å². The van der Waals surface area contributed by atoms with Gasteiger partial charge in [0.1, 0.15) is 17.3 Å². The fourth-order valence-corrected chi connectivity index (χ4v) is 8.02. The summed E-state index contributed by atoms with van der Waals surface area (Å²) in [5.41, 5.74) is 5.47. The molecule has 2 aromatic heterocycles. The molecular weight excluding hydrogens is 687 g/mol. The number of amides is 2. The van der Waals surface area contributed by atoms with Crippen LogP contribution in [0.1, 0.15) is 126 Å². The predicted molar refractivity (Wildman–Crippen MR) is 212 cm³/mol. The van der Waals surface area contributed by atoms with Crippen LogP contribution in [-0.2, 0) is 27.2 Å². The lowest BCUT2D eigenvalue weighted by atomic mass is 9.90. The number of likely N-dealkylation sites (tertiary alicyclic amines) is 1. The second-order valence-corrected chi connectivity index (χ2v) is 16.9. The Bertz CT molecular complexity index is 1670. The number of nitrogens with one attached hydrogen (secondary N) is 1. The minimum Gasteiger partial charge on any atom is -0.444 e. The molecule has 1 fully saturated rings. The van der Waals surface area contributed by atoms with Crippen LogP contribution in [0.3, 0.4) is 0 Å². The lowest BCUT2D eigenvalue weighted by molar-refractivity contribution is -0.139. The first-order valence-electron chi connectivity index (χ1n) is 19.4. The lowest BCUT2D eigenvalue weighted by Crippen LogP contribution is -2.44. The maximum atomic E-state index is 14.1. The number of carbonyl (C=O) groups is 3. The monoisotopic (exact) mass is 747 g/mol. The van der Waals surface area contributed by atoms with Gasteiger partial charge in [0.15, 0.2) is 5.78 Å². The number of alkyl carbamates (subject to hydrolysis) is 1. The summed E-state index contributed by atoms with van der Waals surface area (Å²) < 4.78 is 11.0. The van der Waals surface area contributed by atoms with Crippen LogP contribution in [0.2, 0.25) is 0 Å². The first-order chi connectivity index (χ1) is 25.1. The van der Waals surface area contributed by atoms with E-state index < -0.39 is 23.7 Å². The standard InChI is InChI=1S/C43H61N3O6S/c1-28(2)38(37-24-34(45-52-37)17-15-13-11-9-10-12-14-16-22-44-42(50)51-43(6,7)8)41(49)46-26-35(47)25-36(46)39(48)29(3)23-32-18-20-33(21-19-32)40-31(5)30(4)27-53-40/h18-21,24,27-28,35-36,38,47H,3,9-17,22-23,25-26H2,1-2,4-8H3,(H,44,50)/t35-,36+,38-/m1/s1. The molecule has 3 aromatic rings. The summed E-state index contributed by atoms with van der Waals surface area (Å²) in [5, 5.41) is 19.9. The predicted octanol–water partition coefficient (Wildman–Crippen LogP) is 9.28. The molecule has 1 aliphatic heterocycles. The van der Waals surface area contributed by atoms with E-state index in [1.807, 2.05) is 52.8 Å². The number of Topliss-reactive ketones (excluding diaryl/α,β-unsaturated/α-hetero) is 1. The number of aliphatic hydroxyl groups excluding tert-OH is 1. The summed E-state index contributed by atoms with van der Waals surface area (Å²) in [6.07, 6.45) is 8.94. The van der Waals surface area contributed by atoms with Crippen molar-refractivity contribution in [2.75, 3.05) is 13.1 Å². The topological polar surface area (TPSA) is 122 Å². The highest BCUT2D eigenvalue weighted by molar-refractivity contribution is 7.14. The van der Waals surface area contributed by atoms with Crippen LogP contribution < -0.4 is 5.32 Å². The van der Waals surface area contributed by atoms with Gasteiger partial charge in [-0.3, -0.25) is 9.59 Å². The lowest BCUT2D eigenvalue weighted by Gasteiger charge is -2.29. The number of aliphatic hydroxyl groups is 1. The minimum absolute atomic E-state index is 0.0950. The van der Waals surface area contributed by atoms with Crippen molar-refractivity contribution >= 4 is 29.1 Å². The number of rotatable bonds is 19. The number of aromatic nitrogens is 1. The number of ketones is 1. The molecule has 0 spiro atoms. The third-order valence-corrected chi connectivity index (χ3v) is 11.2. The van der Waals surface area contributed by atoms with Crippen molar-refractivity contribution in [1.29, 1.82) is 0 Å². The van der Waals surface area contributed by atoms with Crippen molar-refractivity contribution in [3.05, 3.63) is 76.0 Å². The first kappa shape index (κ1) is 42.0. The summed E-state index contributed by atoms with van der Waals surface area (Å²) >= 11 is 1.73. The van der Waals surface area contributed by atoms with Crippen molar-refractivity contribution in [2.24, 2.45) is 5.92 Å². The molecule has 0 radical (unpaired) electrons. The van der Waals surface area contributed by atoms with Crippen LogP contribution in [0.4, 0.5) is 4.79 Å². The van der Waals surface area contributed by atoms with Crippen molar-refractivity contribution in [2.45, 2.75) is 143 Å². The van der Waals surface area contributed by atoms with E-state index in [9.17, 15) is 19.5 Å². The molecule has 1 aromatic carbocycles. The number of aryl methyl sites for hydroxylation is 2. The van der Waals surface area contributed by atoms with Crippen molar-refractivity contribution < 1.29 is 28.8 Å². The highest BCUT2D eigenvalue weighted by atomic mass is 32.1. The largest absolute Gasteiger partial charge is 0.444 e. The average Bonchev–Trinajstić information content (AvgIpc) is 3.81. The molecule has 1 saturated heterocycles. The zero-order valence-electron chi connectivity index (χ0n) is 33.0. The van der Waals surface area contributed by atoms with E-state index in [0.717, 1.165) is 61.8 Å². The maximum Gasteiger partial charge on any atom is 0.407 e. The van der Waals surface area contributed by atoms with Gasteiger partial charge in [0.2, 0.25) is 5.91 Å². The molecule has 290 valence electrons. The number of hydrogen-bond acceptors (Lipinski definition) is 8. The average molecular weight is 748 g/mol. The second-order valence-electron chi connectivity index (χ2n) is 16.1. The van der Waals surface area contributed by atoms with Gasteiger partial charge in [-0.25, -0.2) is 4.79 Å². The van der Waals surface area contributed by atoms with Crippen molar-refractivity contribution in [1.82, 2.24) is 15.4 Å². The van der Waals surface area contributed by atoms with E-state index in [4.69, 9.17) is 9.26 Å². The smallest absolute Gasteiger partial charge is 0.407 e. The summed E-state index contributed by atoms with van der Waals surface area (Å²) in [6.45, 7) is 18.6. The van der Waals surface area contributed by atoms with E-state index >= 15 is 0 Å². The Morgan fingerprint density at radius 2 is 1.68 bits per heavy atom. The summed E-state index contributed by atoms with van der Waals surface area (Å²) in [6, 6.07) is 9.35. The zero-order chi connectivity index (χ0) is 38.7. The summed E-state index contributed by atoms with van der Waals surface area (Å²) in [7, 11) is 0.